The van der Waals surface area contributed by atoms with Crippen LogP contribution in [0.3, 0.4) is 0 Å². The molecule has 1 heterocycles. The van der Waals surface area contributed by atoms with Crippen LogP contribution >= 0.6 is 0 Å². The van der Waals surface area contributed by atoms with Crippen molar-refractivity contribution in [1.29, 1.82) is 0 Å². The van der Waals surface area contributed by atoms with Crippen LogP contribution in [0, 0.1) is 11.2 Å². The topological polar surface area (TPSA) is 51.2 Å². The van der Waals surface area contributed by atoms with Gasteiger partial charge in [0.1, 0.15) is 11.6 Å². The number of anilines is 1. The SMILES string of the molecule is CC(C)(C)C(=O)Nc1cccc(COCc2cccc(F)c2)n1. The molecule has 122 valence electrons. The lowest BCUT2D eigenvalue weighted by atomic mass is 9.96. The third-order valence-electron chi connectivity index (χ3n) is 3.14. The number of hydrogen-bond donors (Lipinski definition) is 1. The number of hydrogen-bond acceptors (Lipinski definition) is 3. The molecular formula is C18H21FN2O2. The molecule has 1 amide bonds. The molecule has 1 aromatic carbocycles. The summed E-state index contributed by atoms with van der Waals surface area (Å²) in [4.78, 5) is 16.3. The van der Waals surface area contributed by atoms with Crippen LogP contribution in [0.15, 0.2) is 42.5 Å². The fourth-order valence-electron chi connectivity index (χ4n) is 1.83. The van der Waals surface area contributed by atoms with Gasteiger partial charge in [0.2, 0.25) is 5.91 Å². The van der Waals surface area contributed by atoms with Crippen LogP contribution in [0.4, 0.5) is 10.2 Å². The molecule has 0 saturated heterocycles. The Morgan fingerprint density at radius 3 is 2.61 bits per heavy atom. The zero-order chi connectivity index (χ0) is 16.9. The van der Waals surface area contributed by atoms with Gasteiger partial charge in [-0.25, -0.2) is 9.37 Å². The van der Waals surface area contributed by atoms with Crippen molar-refractivity contribution in [2.45, 2.75) is 34.0 Å². The minimum absolute atomic E-state index is 0.0946. The molecule has 4 nitrogen and oxygen atoms in total. The van der Waals surface area contributed by atoms with Crippen molar-refractivity contribution in [2.24, 2.45) is 5.41 Å². The van der Waals surface area contributed by atoms with Crippen LogP contribution in [0.1, 0.15) is 32.0 Å². The molecule has 0 fully saturated rings. The molecule has 0 unspecified atom stereocenters. The Hall–Kier alpha value is -2.27. The van der Waals surface area contributed by atoms with E-state index in [1.807, 2.05) is 32.9 Å². The summed E-state index contributed by atoms with van der Waals surface area (Å²) in [6.45, 7) is 6.12. The first kappa shape index (κ1) is 17.1. The second-order valence-corrected chi connectivity index (χ2v) is 6.34. The summed E-state index contributed by atoms with van der Waals surface area (Å²) < 4.78 is 18.6. The maximum Gasteiger partial charge on any atom is 0.230 e. The highest BCUT2D eigenvalue weighted by Gasteiger charge is 2.21. The highest BCUT2D eigenvalue weighted by Crippen LogP contribution is 2.16. The molecule has 2 aromatic rings. The highest BCUT2D eigenvalue weighted by atomic mass is 19.1. The average Bonchev–Trinajstić information content (AvgIpc) is 2.47. The number of carbonyl (C=O) groups is 1. The van der Waals surface area contributed by atoms with E-state index in [1.165, 1.54) is 12.1 Å². The Morgan fingerprint density at radius 1 is 1.17 bits per heavy atom. The minimum atomic E-state index is -0.481. The monoisotopic (exact) mass is 316 g/mol. The maximum atomic E-state index is 13.1. The van der Waals surface area contributed by atoms with E-state index in [9.17, 15) is 9.18 Å². The lowest BCUT2D eigenvalue weighted by molar-refractivity contribution is -0.123. The van der Waals surface area contributed by atoms with Gasteiger partial charge < -0.3 is 10.1 Å². The average molecular weight is 316 g/mol. The molecule has 2 rings (SSSR count). The summed E-state index contributed by atoms with van der Waals surface area (Å²) in [6, 6.07) is 11.6. The number of pyridine rings is 1. The first-order valence-electron chi connectivity index (χ1n) is 7.44. The van der Waals surface area contributed by atoms with E-state index >= 15 is 0 Å². The smallest absolute Gasteiger partial charge is 0.230 e. The summed E-state index contributed by atoms with van der Waals surface area (Å²) >= 11 is 0. The van der Waals surface area contributed by atoms with Gasteiger partial charge in [0.05, 0.1) is 18.9 Å². The predicted molar refractivity (Wildman–Crippen MR) is 87.2 cm³/mol. The summed E-state index contributed by atoms with van der Waals surface area (Å²) in [5, 5.41) is 2.78. The minimum Gasteiger partial charge on any atom is -0.370 e. The van der Waals surface area contributed by atoms with Gasteiger partial charge in [-0.2, -0.15) is 0 Å². The van der Waals surface area contributed by atoms with E-state index < -0.39 is 5.41 Å². The Morgan fingerprint density at radius 2 is 1.91 bits per heavy atom. The maximum absolute atomic E-state index is 13.1. The van der Waals surface area contributed by atoms with Crippen molar-refractivity contribution in [3.8, 4) is 0 Å². The second kappa shape index (κ2) is 7.33. The van der Waals surface area contributed by atoms with Gasteiger partial charge in [-0.15, -0.1) is 0 Å². The van der Waals surface area contributed by atoms with Crippen LogP contribution < -0.4 is 5.32 Å². The van der Waals surface area contributed by atoms with Crippen molar-refractivity contribution >= 4 is 11.7 Å². The molecule has 0 saturated carbocycles. The third-order valence-corrected chi connectivity index (χ3v) is 3.14. The number of carbonyl (C=O) groups excluding carboxylic acids is 1. The molecule has 0 aliphatic rings. The summed E-state index contributed by atoms with van der Waals surface area (Å²) in [7, 11) is 0. The lowest BCUT2D eigenvalue weighted by Crippen LogP contribution is -2.28. The van der Waals surface area contributed by atoms with Crippen molar-refractivity contribution in [2.75, 3.05) is 5.32 Å². The molecule has 0 spiro atoms. The van der Waals surface area contributed by atoms with Gasteiger partial charge >= 0.3 is 0 Å². The molecule has 5 heteroatoms. The Kier molecular flexibility index (Phi) is 5.45. The standard InChI is InChI=1S/C18H21FN2O2/c1-18(2,3)17(22)21-16-9-5-8-15(20-16)12-23-11-13-6-4-7-14(19)10-13/h4-10H,11-12H2,1-3H3,(H,20,21,22). The number of nitrogens with one attached hydrogen (secondary N) is 1. The second-order valence-electron chi connectivity index (χ2n) is 6.34. The predicted octanol–water partition coefficient (Wildman–Crippen LogP) is 3.92. The number of ether oxygens (including phenoxy) is 1. The van der Waals surface area contributed by atoms with Gasteiger partial charge in [-0.05, 0) is 29.8 Å². The van der Waals surface area contributed by atoms with E-state index in [0.717, 1.165) is 5.56 Å². The fourth-order valence-corrected chi connectivity index (χ4v) is 1.83. The van der Waals surface area contributed by atoms with Crippen molar-refractivity contribution in [1.82, 2.24) is 4.98 Å². The zero-order valence-corrected chi connectivity index (χ0v) is 13.6. The molecule has 23 heavy (non-hydrogen) atoms. The molecule has 0 atom stereocenters. The highest BCUT2D eigenvalue weighted by molar-refractivity contribution is 5.93. The van der Waals surface area contributed by atoms with E-state index in [0.29, 0.717) is 18.1 Å². The van der Waals surface area contributed by atoms with Gasteiger partial charge in [0.15, 0.2) is 0 Å². The van der Waals surface area contributed by atoms with Gasteiger partial charge in [0.25, 0.3) is 0 Å². The van der Waals surface area contributed by atoms with E-state index in [-0.39, 0.29) is 18.3 Å². The van der Waals surface area contributed by atoms with Crippen LogP contribution in [0.25, 0.3) is 0 Å². The molecular weight excluding hydrogens is 295 g/mol. The van der Waals surface area contributed by atoms with E-state index in [1.54, 1.807) is 18.2 Å². The first-order chi connectivity index (χ1) is 10.8. The number of benzene rings is 1. The lowest BCUT2D eigenvalue weighted by Gasteiger charge is -2.17. The fraction of sp³-hybridized carbons (Fsp3) is 0.333. The van der Waals surface area contributed by atoms with Crippen molar-refractivity contribution in [3.05, 3.63) is 59.5 Å². The summed E-state index contributed by atoms with van der Waals surface area (Å²) in [5.41, 5.74) is 0.987. The summed E-state index contributed by atoms with van der Waals surface area (Å²) in [6.07, 6.45) is 0. The number of aromatic nitrogens is 1. The van der Waals surface area contributed by atoms with E-state index in [4.69, 9.17) is 4.74 Å². The van der Waals surface area contributed by atoms with Gasteiger partial charge in [-0.3, -0.25) is 4.79 Å². The Labute approximate surface area is 135 Å². The molecule has 0 aliphatic heterocycles. The molecule has 1 N–H and O–H groups in total. The van der Waals surface area contributed by atoms with Crippen molar-refractivity contribution < 1.29 is 13.9 Å². The van der Waals surface area contributed by atoms with Crippen LogP contribution in [0.2, 0.25) is 0 Å². The van der Waals surface area contributed by atoms with Gasteiger partial charge in [0, 0.05) is 5.41 Å². The third kappa shape index (κ3) is 5.45. The van der Waals surface area contributed by atoms with Gasteiger partial charge in [-0.1, -0.05) is 39.0 Å². The van der Waals surface area contributed by atoms with E-state index in [2.05, 4.69) is 10.3 Å². The normalized spacial score (nSPS) is 11.3. The zero-order valence-electron chi connectivity index (χ0n) is 13.6. The Bertz CT molecular complexity index is 681. The Balaban J connectivity index is 1.91. The molecule has 1 aromatic heterocycles. The molecule has 0 radical (unpaired) electrons. The number of amides is 1. The largest absolute Gasteiger partial charge is 0.370 e. The van der Waals surface area contributed by atoms with Crippen LogP contribution in [-0.4, -0.2) is 10.9 Å². The van der Waals surface area contributed by atoms with Crippen LogP contribution in [-0.2, 0) is 22.7 Å². The number of halogens is 1. The quantitative estimate of drug-likeness (QED) is 0.909. The number of rotatable bonds is 5. The molecule has 0 aliphatic carbocycles. The first-order valence-corrected chi connectivity index (χ1v) is 7.44. The number of nitrogens with zero attached hydrogens (tertiary/aromatic N) is 1. The molecule has 0 bridgehead atoms. The van der Waals surface area contributed by atoms with Crippen molar-refractivity contribution in [3.63, 3.8) is 0 Å². The summed E-state index contributed by atoms with van der Waals surface area (Å²) in [5.74, 6) is 0.121. The van der Waals surface area contributed by atoms with Crippen LogP contribution in [0.5, 0.6) is 0 Å².